The highest BCUT2D eigenvalue weighted by Gasteiger charge is 2.34. The zero-order chi connectivity index (χ0) is 31.4. The van der Waals surface area contributed by atoms with Crippen molar-refractivity contribution in [2.45, 2.75) is 26.6 Å². The number of likely N-dealkylation sites (N-methyl/N-ethyl adjacent to an activating group) is 1. The van der Waals surface area contributed by atoms with Crippen LogP contribution in [0.1, 0.15) is 43.9 Å². The van der Waals surface area contributed by atoms with E-state index in [0.29, 0.717) is 30.2 Å². The molecule has 1 amide bonds. The fourth-order valence-corrected chi connectivity index (χ4v) is 4.74. The number of benzene rings is 2. The van der Waals surface area contributed by atoms with E-state index < -0.39 is 17.6 Å². The van der Waals surface area contributed by atoms with Crippen LogP contribution in [0.2, 0.25) is 0 Å². The molecule has 0 atom stereocenters. The fourth-order valence-electron chi connectivity index (χ4n) is 4.74. The number of carbonyl (C=O) groups is 1. The van der Waals surface area contributed by atoms with Crippen molar-refractivity contribution >= 4 is 23.2 Å². The van der Waals surface area contributed by atoms with Gasteiger partial charge in [-0.2, -0.15) is 18.3 Å². The molecule has 4 aromatic rings. The van der Waals surface area contributed by atoms with Gasteiger partial charge in [0.2, 0.25) is 5.95 Å². The molecule has 0 aliphatic carbocycles. The Morgan fingerprint density at radius 1 is 0.955 bits per heavy atom. The number of amides is 1. The normalized spacial score (nSPS) is 14.2. The Bertz CT molecular complexity index is 1710. The lowest BCUT2D eigenvalue weighted by molar-refractivity contribution is -0.138. The maximum Gasteiger partial charge on any atom is 0.416 e. The molecule has 9 nitrogen and oxygen atoms in total. The van der Waals surface area contributed by atoms with Crippen LogP contribution in [0.25, 0.3) is 0 Å². The number of nitrogens with zero attached hydrogens (tertiary/aromatic N) is 6. The number of aryl methyl sites for hydroxylation is 2. The maximum atomic E-state index is 14.0. The molecule has 1 aliphatic heterocycles. The Morgan fingerprint density at radius 2 is 1.68 bits per heavy atom. The highest BCUT2D eigenvalue weighted by molar-refractivity contribution is 6.04. The summed E-state index contributed by atoms with van der Waals surface area (Å²) >= 11 is 0. The smallest absolute Gasteiger partial charge is 0.322 e. The Labute approximate surface area is 254 Å². The first-order valence-corrected chi connectivity index (χ1v) is 14.1. The van der Waals surface area contributed by atoms with Crippen LogP contribution in [0, 0.1) is 25.7 Å². The van der Waals surface area contributed by atoms with Gasteiger partial charge in [0, 0.05) is 69.0 Å². The molecule has 0 spiro atoms. The molecular weight excluding hydrogens is 569 g/mol. The van der Waals surface area contributed by atoms with Crippen LogP contribution in [0.3, 0.4) is 0 Å². The van der Waals surface area contributed by atoms with E-state index in [1.807, 2.05) is 32.8 Å². The van der Waals surface area contributed by atoms with Crippen LogP contribution in [-0.4, -0.2) is 68.7 Å². The van der Waals surface area contributed by atoms with Gasteiger partial charge in [-0.3, -0.25) is 14.4 Å². The van der Waals surface area contributed by atoms with E-state index in [1.54, 1.807) is 41.5 Å². The quantitative estimate of drug-likeness (QED) is 0.301. The number of alkyl halides is 3. The number of nitrogens with one attached hydrogen (secondary N) is 2. The number of carbonyl (C=O) groups excluding carboxylic acids is 1. The highest BCUT2D eigenvalue weighted by atomic mass is 19.4. The molecule has 3 heterocycles. The molecule has 0 unspecified atom stereocenters. The minimum Gasteiger partial charge on any atom is -0.322 e. The Morgan fingerprint density at radius 3 is 2.34 bits per heavy atom. The molecule has 228 valence electrons. The van der Waals surface area contributed by atoms with E-state index in [9.17, 15) is 18.0 Å². The van der Waals surface area contributed by atoms with Crippen LogP contribution < -0.4 is 10.6 Å². The molecule has 0 bridgehead atoms. The summed E-state index contributed by atoms with van der Waals surface area (Å²) in [4.78, 5) is 25.8. The predicted molar refractivity (Wildman–Crippen MR) is 163 cm³/mol. The molecule has 2 N–H and O–H groups in total. The molecule has 2 aromatic heterocycles. The molecule has 1 fully saturated rings. The third kappa shape index (κ3) is 7.42. The summed E-state index contributed by atoms with van der Waals surface area (Å²) in [7, 11) is 3.84. The first-order valence-electron chi connectivity index (χ1n) is 14.1. The van der Waals surface area contributed by atoms with Gasteiger partial charge in [-0.15, -0.1) is 0 Å². The van der Waals surface area contributed by atoms with E-state index in [1.165, 1.54) is 12.1 Å². The summed E-state index contributed by atoms with van der Waals surface area (Å²) in [6.07, 6.45) is 0.320. The second kappa shape index (κ2) is 12.9. The number of rotatable bonds is 6. The van der Waals surface area contributed by atoms with Crippen molar-refractivity contribution in [1.82, 2.24) is 29.5 Å². The van der Waals surface area contributed by atoms with Gasteiger partial charge in [0.1, 0.15) is 0 Å². The number of halogens is 3. The minimum absolute atomic E-state index is 0.0741. The largest absolute Gasteiger partial charge is 0.416 e. The van der Waals surface area contributed by atoms with Crippen molar-refractivity contribution in [3.05, 3.63) is 94.1 Å². The molecule has 1 aliphatic rings. The van der Waals surface area contributed by atoms with Gasteiger partial charge in [-0.1, -0.05) is 24.0 Å². The molecule has 5 rings (SSSR count). The van der Waals surface area contributed by atoms with Gasteiger partial charge in [-0.05, 0) is 56.3 Å². The standard InChI is InChI=1S/C32H33F3N8O/c1-21-5-7-25(15-24(21)8-6-23-17-36-31(37-18-23)40-29-19-38-42(4)22(29)2)30(44)39-27-10-9-26(28(16-27)32(33,34)35)20-43-13-11-41(3)12-14-43/h5,7,9-10,15-19H,11-14,20H2,1-4H3,(H,39,44)(H,36,37,40). The van der Waals surface area contributed by atoms with Gasteiger partial charge in [0.05, 0.1) is 28.7 Å². The second-order valence-corrected chi connectivity index (χ2v) is 10.9. The van der Waals surface area contributed by atoms with Crippen molar-refractivity contribution in [2.75, 3.05) is 43.9 Å². The van der Waals surface area contributed by atoms with Gasteiger partial charge in [0.25, 0.3) is 5.91 Å². The lowest BCUT2D eigenvalue weighted by Crippen LogP contribution is -2.44. The van der Waals surface area contributed by atoms with Crippen molar-refractivity contribution in [3.63, 3.8) is 0 Å². The van der Waals surface area contributed by atoms with Crippen LogP contribution in [-0.2, 0) is 19.8 Å². The molecule has 2 aromatic carbocycles. The Hall–Kier alpha value is -4.73. The number of piperazine rings is 1. The number of hydrogen-bond acceptors (Lipinski definition) is 7. The van der Waals surface area contributed by atoms with Crippen molar-refractivity contribution in [1.29, 1.82) is 0 Å². The van der Waals surface area contributed by atoms with Crippen molar-refractivity contribution in [2.24, 2.45) is 7.05 Å². The summed E-state index contributed by atoms with van der Waals surface area (Å²) in [5.74, 6) is 5.93. The van der Waals surface area contributed by atoms with E-state index in [4.69, 9.17) is 0 Å². The lowest BCUT2D eigenvalue weighted by atomic mass is 10.0. The number of hydrogen-bond donors (Lipinski definition) is 2. The number of aromatic nitrogens is 4. The monoisotopic (exact) mass is 602 g/mol. The molecule has 12 heteroatoms. The summed E-state index contributed by atoms with van der Waals surface area (Å²) in [5, 5.41) is 9.91. The fraction of sp³-hybridized carbons (Fsp3) is 0.312. The second-order valence-electron chi connectivity index (χ2n) is 10.9. The molecule has 0 saturated carbocycles. The summed E-state index contributed by atoms with van der Waals surface area (Å²) in [6.45, 7) is 7.01. The third-order valence-corrected chi connectivity index (χ3v) is 7.64. The SMILES string of the molecule is Cc1ccc(C(=O)Nc2ccc(CN3CCN(C)CC3)c(C(F)(F)F)c2)cc1C#Cc1cnc(Nc2cnn(C)c2C)nc1. The van der Waals surface area contributed by atoms with Gasteiger partial charge >= 0.3 is 6.18 Å². The summed E-state index contributed by atoms with van der Waals surface area (Å²) in [6, 6.07) is 8.95. The zero-order valence-electron chi connectivity index (χ0n) is 25.0. The van der Waals surface area contributed by atoms with Crippen LogP contribution in [0.15, 0.2) is 55.0 Å². The highest BCUT2D eigenvalue weighted by Crippen LogP contribution is 2.35. The Balaban J connectivity index is 1.28. The lowest BCUT2D eigenvalue weighted by Gasteiger charge is -2.33. The molecular formula is C32H33F3N8O. The average Bonchev–Trinajstić information content (AvgIpc) is 3.31. The molecule has 1 saturated heterocycles. The van der Waals surface area contributed by atoms with Crippen molar-refractivity contribution in [3.8, 4) is 11.8 Å². The first kappa shape index (κ1) is 30.7. The number of anilines is 3. The van der Waals surface area contributed by atoms with Crippen LogP contribution in [0.4, 0.5) is 30.5 Å². The predicted octanol–water partition coefficient (Wildman–Crippen LogP) is 4.99. The Kier molecular flexibility index (Phi) is 8.98. The van der Waals surface area contributed by atoms with E-state index in [-0.39, 0.29) is 23.4 Å². The van der Waals surface area contributed by atoms with Crippen molar-refractivity contribution < 1.29 is 18.0 Å². The van der Waals surface area contributed by atoms with Crippen LogP contribution >= 0.6 is 0 Å². The van der Waals surface area contributed by atoms with E-state index >= 15 is 0 Å². The van der Waals surface area contributed by atoms with Crippen LogP contribution in [0.5, 0.6) is 0 Å². The maximum absolute atomic E-state index is 14.0. The third-order valence-electron chi connectivity index (χ3n) is 7.64. The minimum atomic E-state index is -4.55. The van der Waals surface area contributed by atoms with Gasteiger partial charge in [-0.25, -0.2) is 9.97 Å². The molecule has 44 heavy (non-hydrogen) atoms. The van der Waals surface area contributed by atoms with Gasteiger partial charge in [0.15, 0.2) is 0 Å². The average molecular weight is 603 g/mol. The zero-order valence-corrected chi connectivity index (χ0v) is 25.0. The summed E-state index contributed by atoms with van der Waals surface area (Å²) in [5.41, 5.74) is 3.55. The molecule has 0 radical (unpaired) electrons. The van der Waals surface area contributed by atoms with Gasteiger partial charge < -0.3 is 15.5 Å². The summed E-state index contributed by atoms with van der Waals surface area (Å²) < 4.78 is 43.7. The van der Waals surface area contributed by atoms with E-state index in [2.05, 4.69) is 42.4 Å². The first-order chi connectivity index (χ1) is 21.0. The topological polar surface area (TPSA) is 91.2 Å². The van der Waals surface area contributed by atoms with E-state index in [0.717, 1.165) is 36.1 Å².